The highest BCUT2D eigenvalue weighted by molar-refractivity contribution is 6.30. The number of aliphatic carboxylic acids is 1. The topological polar surface area (TPSA) is 37.3 Å². The fraction of sp³-hybridized carbons (Fsp3) is 0.357. The second-order valence-corrected chi connectivity index (χ2v) is 4.61. The number of allylic oxidation sites excluding steroid dienone is 1. The van der Waals surface area contributed by atoms with Crippen molar-refractivity contribution in [2.24, 2.45) is 5.92 Å². The van der Waals surface area contributed by atoms with Crippen LogP contribution in [0.5, 0.6) is 0 Å². The zero-order valence-electron chi connectivity index (χ0n) is 9.95. The number of carboxylic acid groups (broad SMARTS) is 1. The van der Waals surface area contributed by atoms with Gasteiger partial charge in [-0.2, -0.15) is 0 Å². The zero-order chi connectivity index (χ0) is 12.8. The van der Waals surface area contributed by atoms with Crippen molar-refractivity contribution in [1.29, 1.82) is 0 Å². The molecule has 0 radical (unpaired) electrons. The normalized spacial score (nSPS) is 12.1. The molecule has 3 heteroatoms. The Morgan fingerprint density at radius 3 is 2.76 bits per heavy atom. The van der Waals surface area contributed by atoms with E-state index in [1.165, 1.54) is 0 Å². The molecule has 0 fully saturated rings. The molecule has 1 unspecified atom stereocenters. The Balaban J connectivity index is 2.73. The first-order chi connectivity index (χ1) is 8.02. The van der Waals surface area contributed by atoms with E-state index in [1.54, 1.807) is 6.07 Å². The van der Waals surface area contributed by atoms with E-state index >= 15 is 0 Å². The van der Waals surface area contributed by atoms with Crippen LogP contribution in [0.25, 0.3) is 0 Å². The Morgan fingerprint density at radius 2 is 2.24 bits per heavy atom. The van der Waals surface area contributed by atoms with E-state index < -0.39 is 11.9 Å². The molecule has 0 aromatic heterocycles. The Morgan fingerprint density at radius 1 is 1.53 bits per heavy atom. The van der Waals surface area contributed by atoms with E-state index in [0.717, 1.165) is 17.6 Å². The number of carbonyl (C=O) groups is 1. The van der Waals surface area contributed by atoms with Gasteiger partial charge in [0, 0.05) is 5.02 Å². The van der Waals surface area contributed by atoms with Crippen molar-refractivity contribution < 1.29 is 9.90 Å². The molecule has 17 heavy (non-hydrogen) atoms. The first kappa shape index (κ1) is 13.8. The van der Waals surface area contributed by atoms with Crippen molar-refractivity contribution in [3.05, 3.63) is 47.0 Å². The van der Waals surface area contributed by atoms with Crippen LogP contribution in [0, 0.1) is 5.92 Å². The minimum Gasteiger partial charge on any atom is -0.481 e. The summed E-state index contributed by atoms with van der Waals surface area (Å²) in [7, 11) is 0. The molecule has 1 aromatic rings. The minimum atomic E-state index is -0.778. The lowest BCUT2D eigenvalue weighted by atomic mass is 9.92. The third kappa shape index (κ3) is 4.61. The molecule has 0 bridgehead atoms. The molecule has 0 heterocycles. The molecule has 1 aromatic carbocycles. The van der Waals surface area contributed by atoms with Crippen molar-refractivity contribution in [2.45, 2.75) is 26.2 Å². The zero-order valence-corrected chi connectivity index (χ0v) is 10.7. The predicted octanol–water partition coefficient (Wildman–Crippen LogP) is 3.94. The van der Waals surface area contributed by atoms with Gasteiger partial charge in [-0.05, 0) is 37.0 Å². The molecule has 2 nitrogen and oxygen atoms in total. The van der Waals surface area contributed by atoms with Crippen LogP contribution in [-0.4, -0.2) is 11.1 Å². The largest absolute Gasteiger partial charge is 0.481 e. The van der Waals surface area contributed by atoms with E-state index in [4.69, 9.17) is 11.6 Å². The van der Waals surface area contributed by atoms with E-state index in [2.05, 4.69) is 6.58 Å². The van der Waals surface area contributed by atoms with E-state index in [9.17, 15) is 9.90 Å². The average molecular weight is 253 g/mol. The Labute approximate surface area is 107 Å². The number of halogens is 1. The minimum absolute atomic E-state index is 0.416. The fourth-order valence-corrected chi connectivity index (χ4v) is 1.90. The SMILES string of the molecule is C=C(CC)CC(Cc1cccc(Cl)c1)C(=O)O. The number of hydrogen-bond acceptors (Lipinski definition) is 1. The lowest BCUT2D eigenvalue weighted by molar-refractivity contribution is -0.141. The van der Waals surface area contributed by atoms with Crippen molar-refractivity contribution >= 4 is 17.6 Å². The summed E-state index contributed by atoms with van der Waals surface area (Å²) in [4.78, 5) is 11.2. The molecule has 1 atom stereocenters. The number of carboxylic acids is 1. The third-order valence-corrected chi connectivity index (χ3v) is 2.99. The summed E-state index contributed by atoms with van der Waals surface area (Å²) < 4.78 is 0. The van der Waals surface area contributed by atoms with Gasteiger partial charge in [0.05, 0.1) is 5.92 Å². The van der Waals surface area contributed by atoms with Gasteiger partial charge in [0.25, 0.3) is 0 Å². The van der Waals surface area contributed by atoms with Crippen molar-refractivity contribution in [2.75, 3.05) is 0 Å². The summed E-state index contributed by atoms with van der Waals surface area (Å²) in [5.41, 5.74) is 1.92. The molecule has 0 aliphatic carbocycles. The maximum Gasteiger partial charge on any atom is 0.307 e. The highest BCUT2D eigenvalue weighted by Gasteiger charge is 2.18. The summed E-state index contributed by atoms with van der Waals surface area (Å²) in [6, 6.07) is 7.33. The van der Waals surface area contributed by atoms with Gasteiger partial charge < -0.3 is 5.11 Å². The quantitative estimate of drug-likeness (QED) is 0.779. The van der Waals surface area contributed by atoms with E-state index in [0.29, 0.717) is 17.9 Å². The Hall–Kier alpha value is -1.28. The molecular formula is C14H17ClO2. The van der Waals surface area contributed by atoms with Crippen LogP contribution in [0.1, 0.15) is 25.3 Å². The van der Waals surface area contributed by atoms with Crippen LogP contribution in [0.4, 0.5) is 0 Å². The van der Waals surface area contributed by atoms with Crippen LogP contribution in [0.3, 0.4) is 0 Å². The molecule has 0 amide bonds. The molecular weight excluding hydrogens is 236 g/mol. The molecule has 0 aliphatic rings. The van der Waals surface area contributed by atoms with Crippen LogP contribution in [0.2, 0.25) is 5.02 Å². The maximum atomic E-state index is 11.2. The van der Waals surface area contributed by atoms with Crippen LogP contribution >= 0.6 is 11.6 Å². The van der Waals surface area contributed by atoms with Crippen molar-refractivity contribution in [3.8, 4) is 0 Å². The molecule has 0 spiro atoms. The lowest BCUT2D eigenvalue weighted by Crippen LogP contribution is -2.17. The summed E-state index contributed by atoms with van der Waals surface area (Å²) in [5.74, 6) is -1.19. The third-order valence-electron chi connectivity index (χ3n) is 2.76. The number of benzene rings is 1. The van der Waals surface area contributed by atoms with Crippen molar-refractivity contribution in [1.82, 2.24) is 0 Å². The van der Waals surface area contributed by atoms with Crippen LogP contribution in [0.15, 0.2) is 36.4 Å². The van der Waals surface area contributed by atoms with Gasteiger partial charge >= 0.3 is 5.97 Å². The van der Waals surface area contributed by atoms with Gasteiger partial charge in [0.15, 0.2) is 0 Å². The molecule has 92 valence electrons. The fourth-order valence-electron chi connectivity index (χ4n) is 1.69. The van der Waals surface area contributed by atoms with Crippen LogP contribution in [-0.2, 0) is 11.2 Å². The molecule has 0 saturated carbocycles. The summed E-state index contributed by atoms with van der Waals surface area (Å²) >= 11 is 5.88. The summed E-state index contributed by atoms with van der Waals surface area (Å²) in [5, 5.41) is 9.81. The number of rotatable bonds is 6. The first-order valence-corrected chi connectivity index (χ1v) is 6.04. The molecule has 1 N–H and O–H groups in total. The number of hydrogen-bond donors (Lipinski definition) is 1. The van der Waals surface area contributed by atoms with Crippen LogP contribution < -0.4 is 0 Å². The predicted molar refractivity (Wildman–Crippen MR) is 70.3 cm³/mol. The van der Waals surface area contributed by atoms with Gasteiger partial charge in [0.1, 0.15) is 0 Å². The lowest BCUT2D eigenvalue weighted by Gasteiger charge is -2.13. The molecule has 1 rings (SSSR count). The maximum absolute atomic E-state index is 11.2. The van der Waals surface area contributed by atoms with Gasteiger partial charge in [-0.25, -0.2) is 0 Å². The van der Waals surface area contributed by atoms with E-state index in [1.807, 2.05) is 25.1 Å². The van der Waals surface area contributed by atoms with Gasteiger partial charge in [-0.1, -0.05) is 42.8 Å². The summed E-state index contributed by atoms with van der Waals surface area (Å²) in [6.07, 6.45) is 1.84. The average Bonchev–Trinajstić information content (AvgIpc) is 2.27. The second kappa shape index (κ2) is 6.45. The van der Waals surface area contributed by atoms with Crippen molar-refractivity contribution in [3.63, 3.8) is 0 Å². The first-order valence-electron chi connectivity index (χ1n) is 5.66. The van der Waals surface area contributed by atoms with Gasteiger partial charge in [-0.15, -0.1) is 0 Å². The van der Waals surface area contributed by atoms with Gasteiger partial charge in [-0.3, -0.25) is 4.79 Å². The highest BCUT2D eigenvalue weighted by atomic mass is 35.5. The van der Waals surface area contributed by atoms with Gasteiger partial charge in [0.2, 0.25) is 0 Å². The van der Waals surface area contributed by atoms with E-state index in [-0.39, 0.29) is 0 Å². The second-order valence-electron chi connectivity index (χ2n) is 4.18. The summed E-state index contributed by atoms with van der Waals surface area (Å²) in [6.45, 7) is 5.85. The molecule has 0 saturated heterocycles. The smallest absolute Gasteiger partial charge is 0.307 e. The monoisotopic (exact) mass is 252 g/mol. The standard InChI is InChI=1S/C14H17ClO2/c1-3-10(2)7-12(14(16)17)8-11-5-4-6-13(15)9-11/h4-6,9,12H,2-3,7-8H2,1H3,(H,16,17). The molecule has 0 aliphatic heterocycles. The Bertz CT molecular complexity index is 412. The Kier molecular flexibility index (Phi) is 5.23. The highest BCUT2D eigenvalue weighted by Crippen LogP contribution is 2.20.